The molecule has 0 amide bonds. The van der Waals surface area contributed by atoms with E-state index in [1.807, 2.05) is 46.4 Å². The van der Waals surface area contributed by atoms with Crippen molar-refractivity contribution in [2.24, 2.45) is 5.73 Å². The Kier molecular flexibility index (Phi) is 3.22. The van der Waals surface area contributed by atoms with Crippen LogP contribution in [-0.2, 0) is 20.9 Å². The maximum Gasteiger partial charge on any atom is 0.204 e. The lowest BCUT2D eigenvalue weighted by Gasteiger charge is -2.33. The molecular weight excluding hydrogens is 282 g/mol. The Bertz CT molecular complexity index is 670. The van der Waals surface area contributed by atoms with Crippen molar-refractivity contribution >= 4 is 11.5 Å². The number of Topliss-reactive ketones (excluding diaryl/α,β-unsaturated/α-hetero) is 1. The Morgan fingerprint density at radius 1 is 1.27 bits per heavy atom. The van der Waals surface area contributed by atoms with Crippen LogP contribution < -0.4 is 10.6 Å². The molecule has 1 saturated heterocycles. The lowest BCUT2D eigenvalue weighted by atomic mass is 10.0. The second kappa shape index (κ2) is 5.24. The molecule has 1 aliphatic carbocycles. The number of para-hydroxylation sites is 1. The van der Waals surface area contributed by atoms with E-state index in [0.29, 0.717) is 13.1 Å². The second-order valence-corrected chi connectivity index (χ2v) is 5.54. The molecule has 0 saturated carbocycles. The van der Waals surface area contributed by atoms with E-state index in [0.717, 1.165) is 11.3 Å². The molecule has 22 heavy (non-hydrogen) atoms. The van der Waals surface area contributed by atoms with Crippen LogP contribution >= 0.6 is 0 Å². The highest BCUT2D eigenvalue weighted by atomic mass is 16.8. The number of rotatable bonds is 1. The molecule has 2 N–H and O–H groups in total. The summed E-state index contributed by atoms with van der Waals surface area (Å²) < 4.78 is 5.63. The van der Waals surface area contributed by atoms with Crippen molar-refractivity contribution < 1.29 is 14.4 Å². The summed E-state index contributed by atoms with van der Waals surface area (Å²) in [4.78, 5) is 20.0. The number of carbonyl (C=O) groups is 1. The van der Waals surface area contributed by atoms with Gasteiger partial charge in [-0.05, 0) is 17.7 Å². The van der Waals surface area contributed by atoms with Crippen LogP contribution in [0.1, 0.15) is 5.56 Å². The van der Waals surface area contributed by atoms with Gasteiger partial charge < -0.3 is 15.4 Å². The lowest BCUT2D eigenvalue weighted by Crippen LogP contribution is -2.47. The first kappa shape index (κ1) is 13.5. The van der Waals surface area contributed by atoms with E-state index in [4.69, 9.17) is 15.3 Å². The summed E-state index contributed by atoms with van der Waals surface area (Å²) in [6, 6.07) is 7.62. The number of hydrogen-bond donors (Lipinski definition) is 1. The number of hydrogen-bond acceptors (Lipinski definition) is 6. The third-order valence-corrected chi connectivity index (χ3v) is 4.24. The maximum atomic E-state index is 12.5. The molecule has 6 heteroatoms. The molecule has 0 radical (unpaired) electrons. The number of anilines is 1. The van der Waals surface area contributed by atoms with Gasteiger partial charge >= 0.3 is 0 Å². The molecule has 1 aromatic rings. The van der Waals surface area contributed by atoms with Crippen LogP contribution in [0.3, 0.4) is 0 Å². The van der Waals surface area contributed by atoms with E-state index in [2.05, 4.69) is 0 Å². The van der Waals surface area contributed by atoms with E-state index < -0.39 is 6.04 Å². The molecule has 0 bridgehead atoms. The molecule has 4 rings (SSSR count). The number of allylic oxidation sites excluding steroid dienone is 2. The van der Waals surface area contributed by atoms with Gasteiger partial charge in [0.05, 0.1) is 18.8 Å². The molecule has 2 aliphatic heterocycles. The van der Waals surface area contributed by atoms with Crippen LogP contribution in [-0.4, -0.2) is 36.5 Å². The number of fused-ring (bicyclic) bond motifs is 2. The number of nitrogens with two attached hydrogens (primary N) is 1. The van der Waals surface area contributed by atoms with Gasteiger partial charge in [-0.15, -0.1) is 0 Å². The average Bonchev–Trinajstić information content (AvgIpc) is 2.90. The minimum Gasteiger partial charge on any atom is -0.396 e. The minimum atomic E-state index is -0.407. The van der Waals surface area contributed by atoms with Crippen molar-refractivity contribution in [1.82, 2.24) is 5.06 Å². The normalized spacial score (nSPS) is 28.1. The van der Waals surface area contributed by atoms with Gasteiger partial charge in [-0.1, -0.05) is 30.4 Å². The molecule has 6 nitrogen and oxygen atoms in total. The van der Waals surface area contributed by atoms with Crippen LogP contribution in [0.15, 0.2) is 48.2 Å². The van der Waals surface area contributed by atoms with Crippen molar-refractivity contribution in [2.75, 3.05) is 18.2 Å². The summed E-state index contributed by atoms with van der Waals surface area (Å²) in [5.41, 5.74) is 8.21. The highest BCUT2D eigenvalue weighted by molar-refractivity contribution is 6.03. The molecule has 3 aliphatic rings. The summed E-state index contributed by atoms with van der Waals surface area (Å²) in [6.07, 6.45) is 5.16. The molecule has 2 unspecified atom stereocenters. The fourth-order valence-corrected chi connectivity index (χ4v) is 3.11. The minimum absolute atomic E-state index is 0.0790. The van der Waals surface area contributed by atoms with Gasteiger partial charge in [0.25, 0.3) is 0 Å². The van der Waals surface area contributed by atoms with Crippen LogP contribution in [0.4, 0.5) is 5.69 Å². The predicted octanol–water partition coefficient (Wildman–Crippen LogP) is 0.904. The Morgan fingerprint density at radius 2 is 2.14 bits per heavy atom. The number of hydroxylamine groups is 2. The standard InChI is InChI=1S/C16H17N3O3/c17-12-5-3-7-14(16(12)20)18-9-15-19(22-10-21-15)8-11-4-1-2-6-13(11)18/h1-7,14-15H,8-10,17H2. The quantitative estimate of drug-likeness (QED) is 0.831. The Morgan fingerprint density at radius 3 is 3.05 bits per heavy atom. The molecule has 2 atom stereocenters. The number of ketones is 1. The van der Waals surface area contributed by atoms with Gasteiger partial charge in [-0.25, -0.2) is 0 Å². The van der Waals surface area contributed by atoms with Crippen molar-refractivity contribution in [3.8, 4) is 0 Å². The van der Waals surface area contributed by atoms with Crippen LogP contribution in [0.25, 0.3) is 0 Å². The first-order valence-corrected chi connectivity index (χ1v) is 7.28. The fourth-order valence-electron chi connectivity index (χ4n) is 3.11. The highest BCUT2D eigenvalue weighted by Crippen LogP contribution is 2.32. The van der Waals surface area contributed by atoms with Crippen molar-refractivity contribution in [2.45, 2.75) is 18.8 Å². The summed E-state index contributed by atoms with van der Waals surface area (Å²) in [6.45, 7) is 1.43. The van der Waals surface area contributed by atoms with Crippen molar-refractivity contribution in [1.29, 1.82) is 0 Å². The van der Waals surface area contributed by atoms with Crippen molar-refractivity contribution in [3.63, 3.8) is 0 Å². The lowest BCUT2D eigenvalue weighted by molar-refractivity contribution is -0.136. The van der Waals surface area contributed by atoms with Gasteiger partial charge in [0.2, 0.25) is 5.78 Å². The largest absolute Gasteiger partial charge is 0.396 e. The summed E-state index contributed by atoms with van der Waals surface area (Å²) in [5, 5.41) is 1.83. The average molecular weight is 299 g/mol. The van der Waals surface area contributed by atoms with E-state index in [1.54, 1.807) is 6.08 Å². The van der Waals surface area contributed by atoms with E-state index in [-0.39, 0.29) is 24.5 Å². The monoisotopic (exact) mass is 299 g/mol. The maximum absolute atomic E-state index is 12.5. The molecule has 0 spiro atoms. The molecule has 2 heterocycles. The Labute approximate surface area is 128 Å². The van der Waals surface area contributed by atoms with Gasteiger partial charge in [0.1, 0.15) is 6.04 Å². The molecule has 0 aromatic heterocycles. The third kappa shape index (κ3) is 2.12. The number of ether oxygens (including phenoxy) is 1. The van der Waals surface area contributed by atoms with E-state index in [9.17, 15) is 4.79 Å². The van der Waals surface area contributed by atoms with E-state index in [1.165, 1.54) is 0 Å². The smallest absolute Gasteiger partial charge is 0.204 e. The zero-order chi connectivity index (χ0) is 15.1. The predicted molar refractivity (Wildman–Crippen MR) is 80.4 cm³/mol. The number of benzene rings is 1. The fraction of sp³-hybridized carbons (Fsp3) is 0.312. The number of carbonyl (C=O) groups excluding carboxylic acids is 1. The SMILES string of the molecule is NC1=CC=CC(N2CC3OCON3Cc3ccccc32)C1=O. The third-order valence-electron chi connectivity index (χ3n) is 4.24. The number of nitrogens with zero attached hydrogens (tertiary/aromatic N) is 2. The second-order valence-electron chi connectivity index (χ2n) is 5.54. The molecule has 1 fully saturated rings. The van der Waals surface area contributed by atoms with Crippen LogP contribution in [0.5, 0.6) is 0 Å². The Balaban J connectivity index is 1.75. The summed E-state index contributed by atoms with van der Waals surface area (Å²) in [7, 11) is 0. The van der Waals surface area contributed by atoms with E-state index >= 15 is 0 Å². The van der Waals surface area contributed by atoms with Crippen LogP contribution in [0, 0.1) is 0 Å². The Hall–Kier alpha value is -2.15. The molecular formula is C16H17N3O3. The van der Waals surface area contributed by atoms with Crippen molar-refractivity contribution in [3.05, 3.63) is 53.8 Å². The summed E-state index contributed by atoms with van der Waals surface area (Å²) in [5.74, 6) is -0.0790. The van der Waals surface area contributed by atoms with Gasteiger partial charge in [0, 0.05) is 5.69 Å². The topological polar surface area (TPSA) is 68.0 Å². The van der Waals surface area contributed by atoms with Gasteiger partial charge in [-0.3, -0.25) is 9.63 Å². The zero-order valence-electron chi connectivity index (χ0n) is 12.0. The van der Waals surface area contributed by atoms with Gasteiger partial charge in [-0.2, -0.15) is 5.06 Å². The first-order valence-electron chi connectivity index (χ1n) is 7.28. The molecule has 1 aromatic carbocycles. The zero-order valence-corrected chi connectivity index (χ0v) is 12.0. The summed E-state index contributed by atoms with van der Waals surface area (Å²) >= 11 is 0. The molecule has 114 valence electrons. The van der Waals surface area contributed by atoms with Crippen LogP contribution in [0.2, 0.25) is 0 Å². The van der Waals surface area contributed by atoms with Gasteiger partial charge in [0.15, 0.2) is 13.0 Å². The first-order chi connectivity index (χ1) is 10.7. The highest BCUT2D eigenvalue weighted by Gasteiger charge is 2.37.